The van der Waals surface area contributed by atoms with Gasteiger partial charge in [0.05, 0.1) is 23.4 Å². The number of hydrogen-bond acceptors (Lipinski definition) is 4. The SMILES string of the molecule is CCOC(=O)c1cnc2c(-c3ccc(Cl)cc3)c(C(F)(F)F)nn2c1C. The topological polar surface area (TPSA) is 56.5 Å². The summed E-state index contributed by atoms with van der Waals surface area (Å²) in [6.45, 7) is 3.26. The van der Waals surface area contributed by atoms with Gasteiger partial charge in [0, 0.05) is 11.2 Å². The Morgan fingerprint density at radius 3 is 2.50 bits per heavy atom. The molecule has 0 bridgehead atoms. The van der Waals surface area contributed by atoms with Gasteiger partial charge in [-0.1, -0.05) is 23.7 Å². The Morgan fingerprint density at radius 2 is 1.92 bits per heavy atom. The zero-order chi connectivity index (χ0) is 19.1. The van der Waals surface area contributed by atoms with Crippen LogP contribution in [0.4, 0.5) is 13.2 Å². The van der Waals surface area contributed by atoms with E-state index in [0.717, 1.165) is 4.52 Å². The lowest BCUT2D eigenvalue weighted by atomic mass is 10.1. The van der Waals surface area contributed by atoms with E-state index in [-0.39, 0.29) is 34.6 Å². The lowest BCUT2D eigenvalue weighted by molar-refractivity contribution is -0.140. The normalized spacial score (nSPS) is 11.8. The third kappa shape index (κ3) is 3.12. The number of aryl methyl sites for hydroxylation is 1. The number of fused-ring (bicyclic) bond motifs is 1. The minimum Gasteiger partial charge on any atom is -0.462 e. The highest BCUT2D eigenvalue weighted by Gasteiger charge is 2.39. The standard InChI is InChI=1S/C17H13ClF3N3O2/c1-3-26-16(25)12-8-22-15-13(10-4-6-11(18)7-5-10)14(17(19,20)21)23-24(15)9(12)2/h4-8H,3H2,1-2H3. The Morgan fingerprint density at radius 1 is 1.27 bits per heavy atom. The van der Waals surface area contributed by atoms with E-state index in [4.69, 9.17) is 16.3 Å². The first-order valence-electron chi connectivity index (χ1n) is 7.62. The van der Waals surface area contributed by atoms with E-state index in [1.165, 1.54) is 37.4 Å². The van der Waals surface area contributed by atoms with E-state index in [1.807, 2.05) is 0 Å². The second-order valence-electron chi connectivity index (χ2n) is 5.44. The van der Waals surface area contributed by atoms with E-state index < -0.39 is 17.8 Å². The molecule has 0 N–H and O–H groups in total. The van der Waals surface area contributed by atoms with Crippen molar-refractivity contribution >= 4 is 23.2 Å². The molecule has 0 aliphatic heterocycles. The molecule has 2 aromatic heterocycles. The van der Waals surface area contributed by atoms with Gasteiger partial charge in [0.25, 0.3) is 0 Å². The Bertz CT molecular complexity index is 982. The monoisotopic (exact) mass is 383 g/mol. The van der Waals surface area contributed by atoms with Crippen molar-refractivity contribution in [2.45, 2.75) is 20.0 Å². The molecule has 5 nitrogen and oxygen atoms in total. The summed E-state index contributed by atoms with van der Waals surface area (Å²) in [5, 5.41) is 4.07. The molecule has 0 radical (unpaired) electrons. The van der Waals surface area contributed by atoms with Crippen LogP contribution in [-0.4, -0.2) is 27.2 Å². The summed E-state index contributed by atoms with van der Waals surface area (Å²) in [4.78, 5) is 16.0. The molecule has 0 amide bonds. The van der Waals surface area contributed by atoms with E-state index >= 15 is 0 Å². The highest BCUT2D eigenvalue weighted by molar-refractivity contribution is 6.30. The van der Waals surface area contributed by atoms with Crippen molar-refractivity contribution in [3.05, 3.63) is 52.4 Å². The van der Waals surface area contributed by atoms with Crippen molar-refractivity contribution in [3.8, 4) is 11.1 Å². The first-order chi connectivity index (χ1) is 12.2. The van der Waals surface area contributed by atoms with Crippen LogP contribution in [0.3, 0.4) is 0 Å². The fourth-order valence-electron chi connectivity index (χ4n) is 2.59. The maximum absolute atomic E-state index is 13.5. The number of aromatic nitrogens is 3. The smallest absolute Gasteiger partial charge is 0.435 e. The molecule has 9 heteroatoms. The largest absolute Gasteiger partial charge is 0.462 e. The first kappa shape index (κ1) is 18.2. The number of esters is 1. The van der Waals surface area contributed by atoms with Gasteiger partial charge in [0.15, 0.2) is 11.3 Å². The minimum absolute atomic E-state index is 0.00908. The summed E-state index contributed by atoms with van der Waals surface area (Å²) in [6.07, 6.45) is -3.50. The molecule has 3 rings (SSSR count). The van der Waals surface area contributed by atoms with Crippen molar-refractivity contribution in [3.63, 3.8) is 0 Å². The molecular weight excluding hydrogens is 371 g/mol. The van der Waals surface area contributed by atoms with Crippen LogP contribution in [0.15, 0.2) is 30.5 Å². The molecule has 1 aromatic carbocycles. The van der Waals surface area contributed by atoms with Crippen LogP contribution in [0.5, 0.6) is 0 Å². The predicted molar refractivity (Wildman–Crippen MR) is 89.1 cm³/mol. The third-order valence-electron chi connectivity index (χ3n) is 3.78. The van der Waals surface area contributed by atoms with Gasteiger partial charge in [-0.25, -0.2) is 14.3 Å². The summed E-state index contributed by atoms with van der Waals surface area (Å²) < 4.78 is 46.5. The first-order valence-corrected chi connectivity index (χ1v) is 8.00. The van der Waals surface area contributed by atoms with Gasteiger partial charge in [-0.05, 0) is 31.5 Å². The second-order valence-corrected chi connectivity index (χ2v) is 5.88. The highest BCUT2D eigenvalue weighted by Crippen LogP contribution is 2.39. The van der Waals surface area contributed by atoms with Crippen molar-refractivity contribution < 1.29 is 22.7 Å². The molecule has 0 unspecified atom stereocenters. The van der Waals surface area contributed by atoms with Crippen LogP contribution in [0.25, 0.3) is 16.8 Å². The molecular formula is C17H13ClF3N3O2. The average molecular weight is 384 g/mol. The number of nitrogens with zero attached hydrogens (tertiary/aromatic N) is 3. The van der Waals surface area contributed by atoms with Crippen LogP contribution in [0, 0.1) is 6.92 Å². The fourth-order valence-corrected chi connectivity index (χ4v) is 2.71. The Labute approximate surface area is 151 Å². The van der Waals surface area contributed by atoms with Gasteiger partial charge in [0.2, 0.25) is 0 Å². The summed E-state index contributed by atoms with van der Waals surface area (Å²) in [7, 11) is 0. The van der Waals surface area contributed by atoms with Gasteiger partial charge in [-0.2, -0.15) is 18.3 Å². The average Bonchev–Trinajstić information content (AvgIpc) is 2.97. The van der Waals surface area contributed by atoms with E-state index in [0.29, 0.717) is 5.02 Å². The Kier molecular flexibility index (Phi) is 4.62. The van der Waals surface area contributed by atoms with Crippen LogP contribution in [-0.2, 0) is 10.9 Å². The Hall–Kier alpha value is -2.61. The van der Waals surface area contributed by atoms with Crippen molar-refractivity contribution in [1.29, 1.82) is 0 Å². The Balaban J connectivity index is 2.30. The number of halogens is 4. The number of ether oxygens (including phenoxy) is 1. The molecule has 0 aliphatic carbocycles. The van der Waals surface area contributed by atoms with Gasteiger partial charge < -0.3 is 4.74 Å². The molecule has 136 valence electrons. The molecule has 0 saturated carbocycles. The van der Waals surface area contributed by atoms with Crippen molar-refractivity contribution in [2.24, 2.45) is 0 Å². The molecule has 0 saturated heterocycles. The fraction of sp³-hybridized carbons (Fsp3) is 0.235. The molecule has 0 fully saturated rings. The van der Waals surface area contributed by atoms with Crippen LogP contribution in [0.2, 0.25) is 5.02 Å². The predicted octanol–water partition coefficient (Wildman–Crippen LogP) is 4.55. The summed E-state index contributed by atoms with van der Waals surface area (Å²) in [6, 6.07) is 5.90. The second kappa shape index (κ2) is 6.60. The van der Waals surface area contributed by atoms with Crippen molar-refractivity contribution in [2.75, 3.05) is 6.61 Å². The van der Waals surface area contributed by atoms with Crippen LogP contribution in [0.1, 0.15) is 28.7 Å². The van der Waals surface area contributed by atoms with Gasteiger partial charge in [0.1, 0.15) is 0 Å². The summed E-state index contributed by atoms with van der Waals surface area (Å²) >= 11 is 5.82. The van der Waals surface area contributed by atoms with E-state index in [9.17, 15) is 18.0 Å². The number of benzene rings is 1. The zero-order valence-electron chi connectivity index (χ0n) is 13.8. The highest BCUT2D eigenvalue weighted by atomic mass is 35.5. The molecule has 26 heavy (non-hydrogen) atoms. The molecule has 2 heterocycles. The number of rotatable bonds is 3. The number of carbonyl (C=O) groups is 1. The number of carbonyl (C=O) groups excluding carboxylic acids is 1. The third-order valence-corrected chi connectivity index (χ3v) is 4.03. The maximum atomic E-state index is 13.5. The van der Waals surface area contributed by atoms with Crippen molar-refractivity contribution in [1.82, 2.24) is 14.6 Å². The molecule has 0 spiro atoms. The van der Waals surface area contributed by atoms with E-state index in [1.54, 1.807) is 6.92 Å². The molecule has 0 aliphatic rings. The summed E-state index contributed by atoms with van der Waals surface area (Å²) in [5.41, 5.74) is -0.737. The van der Waals surface area contributed by atoms with Gasteiger partial charge >= 0.3 is 12.1 Å². The number of hydrogen-bond donors (Lipinski definition) is 0. The minimum atomic E-state index is -4.70. The quantitative estimate of drug-likeness (QED) is 0.622. The molecule has 3 aromatic rings. The van der Waals surface area contributed by atoms with Gasteiger partial charge in [-0.15, -0.1) is 0 Å². The lowest BCUT2D eigenvalue weighted by Gasteiger charge is -2.07. The zero-order valence-corrected chi connectivity index (χ0v) is 14.5. The van der Waals surface area contributed by atoms with Crippen LogP contribution >= 0.6 is 11.6 Å². The number of alkyl halides is 3. The van der Waals surface area contributed by atoms with E-state index in [2.05, 4.69) is 10.1 Å². The summed E-state index contributed by atoms with van der Waals surface area (Å²) in [5.74, 6) is -0.670. The maximum Gasteiger partial charge on any atom is 0.435 e. The van der Waals surface area contributed by atoms with Crippen LogP contribution < -0.4 is 0 Å². The lowest BCUT2D eigenvalue weighted by Crippen LogP contribution is -2.11. The molecule has 0 atom stereocenters. The van der Waals surface area contributed by atoms with Gasteiger partial charge in [-0.3, -0.25) is 0 Å².